The fourth-order valence-corrected chi connectivity index (χ4v) is 3.06. The van der Waals surface area contributed by atoms with Crippen LogP contribution in [0.3, 0.4) is 0 Å². The molecule has 2 aromatic carbocycles. The van der Waals surface area contributed by atoms with Gasteiger partial charge in [-0.2, -0.15) is 5.10 Å². The summed E-state index contributed by atoms with van der Waals surface area (Å²) in [6.45, 7) is -0.211. The van der Waals surface area contributed by atoms with Crippen LogP contribution in [0.1, 0.15) is 10.4 Å². The SMILES string of the molecule is COC(=O)COc1ccc(NC(=O)c2cnn(-c3ccccc3F)c2-n2cccc2)cc1. The summed E-state index contributed by atoms with van der Waals surface area (Å²) in [7, 11) is 1.28. The van der Waals surface area contributed by atoms with E-state index in [1.54, 1.807) is 71.6 Å². The fraction of sp³-hybridized carbons (Fsp3) is 0.0870. The zero-order valence-electron chi connectivity index (χ0n) is 17.1. The lowest BCUT2D eigenvalue weighted by Crippen LogP contribution is -2.16. The first kappa shape index (κ1) is 20.9. The van der Waals surface area contributed by atoms with Crippen LogP contribution in [-0.2, 0) is 9.53 Å². The molecule has 2 heterocycles. The van der Waals surface area contributed by atoms with Crippen LogP contribution in [0.15, 0.2) is 79.3 Å². The molecule has 0 bridgehead atoms. The zero-order valence-corrected chi connectivity index (χ0v) is 17.1. The van der Waals surface area contributed by atoms with Gasteiger partial charge in [-0.1, -0.05) is 12.1 Å². The van der Waals surface area contributed by atoms with Gasteiger partial charge >= 0.3 is 5.97 Å². The number of ether oxygens (including phenoxy) is 2. The number of methoxy groups -OCH3 is 1. The monoisotopic (exact) mass is 434 g/mol. The number of nitrogens with one attached hydrogen (secondary N) is 1. The summed E-state index contributed by atoms with van der Waals surface area (Å²) in [4.78, 5) is 24.2. The minimum atomic E-state index is -0.494. The van der Waals surface area contributed by atoms with Crippen molar-refractivity contribution in [2.24, 2.45) is 0 Å². The van der Waals surface area contributed by atoms with Gasteiger partial charge in [-0.05, 0) is 48.5 Å². The molecule has 0 atom stereocenters. The molecule has 162 valence electrons. The van der Waals surface area contributed by atoms with Gasteiger partial charge < -0.3 is 19.4 Å². The van der Waals surface area contributed by atoms with Crippen molar-refractivity contribution in [3.63, 3.8) is 0 Å². The van der Waals surface area contributed by atoms with E-state index in [0.717, 1.165) is 0 Å². The van der Waals surface area contributed by atoms with Crippen LogP contribution in [0.25, 0.3) is 11.5 Å². The van der Waals surface area contributed by atoms with Crippen LogP contribution >= 0.6 is 0 Å². The van der Waals surface area contributed by atoms with E-state index in [1.165, 1.54) is 24.1 Å². The highest BCUT2D eigenvalue weighted by atomic mass is 19.1. The summed E-state index contributed by atoms with van der Waals surface area (Å²) in [5.41, 5.74) is 0.996. The van der Waals surface area contributed by atoms with E-state index in [-0.39, 0.29) is 17.9 Å². The summed E-state index contributed by atoms with van der Waals surface area (Å²) < 4.78 is 27.3. The van der Waals surface area contributed by atoms with Crippen molar-refractivity contribution < 1.29 is 23.5 Å². The first-order chi connectivity index (χ1) is 15.6. The molecule has 1 amide bonds. The quantitative estimate of drug-likeness (QED) is 0.449. The normalized spacial score (nSPS) is 10.6. The lowest BCUT2D eigenvalue weighted by atomic mass is 10.2. The van der Waals surface area contributed by atoms with Gasteiger partial charge in [-0.3, -0.25) is 4.79 Å². The van der Waals surface area contributed by atoms with Gasteiger partial charge in [0.05, 0.1) is 13.3 Å². The van der Waals surface area contributed by atoms with E-state index in [9.17, 15) is 14.0 Å². The first-order valence-corrected chi connectivity index (χ1v) is 9.64. The molecule has 4 aromatic rings. The minimum absolute atomic E-state index is 0.211. The molecule has 0 saturated carbocycles. The van der Waals surface area contributed by atoms with Crippen molar-refractivity contribution in [3.8, 4) is 17.3 Å². The minimum Gasteiger partial charge on any atom is -0.482 e. The molecule has 0 fully saturated rings. The molecule has 4 rings (SSSR count). The number of carbonyl (C=O) groups excluding carboxylic acids is 2. The van der Waals surface area contributed by atoms with Gasteiger partial charge in [0.2, 0.25) is 0 Å². The first-order valence-electron chi connectivity index (χ1n) is 9.64. The fourth-order valence-electron chi connectivity index (χ4n) is 3.06. The number of hydrogen-bond donors (Lipinski definition) is 1. The number of anilines is 1. The number of carbonyl (C=O) groups is 2. The van der Waals surface area contributed by atoms with E-state index >= 15 is 0 Å². The van der Waals surface area contributed by atoms with Crippen LogP contribution < -0.4 is 10.1 Å². The molecule has 0 unspecified atom stereocenters. The molecule has 0 aliphatic heterocycles. The van der Waals surface area contributed by atoms with Crippen molar-refractivity contribution >= 4 is 17.6 Å². The molecular formula is C23H19FN4O4. The Balaban J connectivity index is 1.59. The van der Waals surface area contributed by atoms with Gasteiger partial charge in [0.25, 0.3) is 5.91 Å². The smallest absolute Gasteiger partial charge is 0.343 e. The second kappa shape index (κ2) is 9.17. The Hall–Kier alpha value is -4.40. The number of esters is 1. The molecular weight excluding hydrogens is 415 g/mol. The molecule has 1 N–H and O–H groups in total. The highest BCUT2D eigenvalue weighted by Gasteiger charge is 2.21. The number of para-hydroxylation sites is 1. The zero-order chi connectivity index (χ0) is 22.5. The van der Waals surface area contributed by atoms with Crippen molar-refractivity contribution in [3.05, 3.63) is 90.6 Å². The van der Waals surface area contributed by atoms with Gasteiger partial charge in [0, 0.05) is 18.1 Å². The standard InChI is InChI=1S/C23H19FN4O4/c1-31-21(29)15-32-17-10-8-16(9-11-17)26-22(30)18-14-25-28(20-7-3-2-6-19(20)24)23(18)27-12-4-5-13-27/h2-14H,15H2,1H3,(H,26,30). The molecule has 0 saturated heterocycles. The molecule has 8 nitrogen and oxygen atoms in total. The number of hydrogen-bond acceptors (Lipinski definition) is 5. The third-order valence-corrected chi connectivity index (χ3v) is 4.61. The molecule has 32 heavy (non-hydrogen) atoms. The second-order valence-corrected chi connectivity index (χ2v) is 6.68. The maximum atomic E-state index is 14.4. The summed E-state index contributed by atoms with van der Waals surface area (Å²) >= 11 is 0. The summed E-state index contributed by atoms with van der Waals surface area (Å²) in [5.74, 6) is -0.519. The van der Waals surface area contributed by atoms with Crippen molar-refractivity contribution in [2.75, 3.05) is 19.0 Å². The summed E-state index contributed by atoms with van der Waals surface area (Å²) in [6.07, 6.45) is 4.89. The second-order valence-electron chi connectivity index (χ2n) is 6.68. The van der Waals surface area contributed by atoms with E-state index in [2.05, 4.69) is 15.2 Å². The Labute approximate surface area is 182 Å². The Kier molecular flexibility index (Phi) is 5.98. The van der Waals surface area contributed by atoms with Gasteiger partial charge in [-0.25, -0.2) is 13.9 Å². The number of halogens is 1. The van der Waals surface area contributed by atoms with E-state index < -0.39 is 17.7 Å². The molecule has 2 aromatic heterocycles. The average Bonchev–Trinajstić information content (AvgIpc) is 3.48. The van der Waals surface area contributed by atoms with Gasteiger partial charge in [0.1, 0.15) is 22.8 Å². The van der Waals surface area contributed by atoms with E-state index in [0.29, 0.717) is 17.3 Å². The topological polar surface area (TPSA) is 87.4 Å². The third kappa shape index (κ3) is 4.36. The number of nitrogens with zero attached hydrogens (tertiary/aromatic N) is 3. The van der Waals surface area contributed by atoms with Crippen molar-refractivity contribution in [1.82, 2.24) is 14.3 Å². The molecule has 0 aliphatic rings. The van der Waals surface area contributed by atoms with Gasteiger partial charge in [-0.15, -0.1) is 0 Å². The summed E-state index contributed by atoms with van der Waals surface area (Å²) in [5, 5.41) is 7.06. The Bertz CT molecular complexity index is 1230. The Morgan fingerprint density at radius 2 is 1.75 bits per heavy atom. The van der Waals surface area contributed by atoms with Gasteiger partial charge in [0.15, 0.2) is 12.4 Å². The van der Waals surface area contributed by atoms with Crippen molar-refractivity contribution in [2.45, 2.75) is 0 Å². The molecule has 0 spiro atoms. The van der Waals surface area contributed by atoms with Crippen LogP contribution in [0.4, 0.5) is 10.1 Å². The van der Waals surface area contributed by atoms with Crippen LogP contribution in [0.5, 0.6) is 5.75 Å². The average molecular weight is 434 g/mol. The van der Waals surface area contributed by atoms with Crippen LogP contribution in [0, 0.1) is 5.82 Å². The molecule has 0 radical (unpaired) electrons. The number of aromatic nitrogens is 3. The lowest BCUT2D eigenvalue weighted by molar-refractivity contribution is -0.142. The van der Waals surface area contributed by atoms with Crippen LogP contribution in [-0.4, -0.2) is 39.9 Å². The Morgan fingerprint density at radius 1 is 1.03 bits per heavy atom. The predicted molar refractivity (Wildman–Crippen MR) is 115 cm³/mol. The third-order valence-electron chi connectivity index (χ3n) is 4.61. The molecule has 9 heteroatoms. The maximum Gasteiger partial charge on any atom is 0.343 e. The largest absolute Gasteiger partial charge is 0.482 e. The summed E-state index contributed by atoms with van der Waals surface area (Å²) in [6, 6.07) is 16.3. The number of amides is 1. The van der Waals surface area contributed by atoms with E-state index in [4.69, 9.17) is 4.74 Å². The lowest BCUT2D eigenvalue weighted by Gasteiger charge is -2.12. The Morgan fingerprint density at radius 3 is 2.44 bits per heavy atom. The molecule has 0 aliphatic carbocycles. The predicted octanol–water partition coefficient (Wildman–Crippen LogP) is 3.61. The maximum absolute atomic E-state index is 14.4. The van der Waals surface area contributed by atoms with E-state index in [1.807, 2.05) is 0 Å². The highest BCUT2D eigenvalue weighted by molar-refractivity contribution is 6.06. The van der Waals surface area contributed by atoms with Crippen LogP contribution in [0.2, 0.25) is 0 Å². The highest BCUT2D eigenvalue weighted by Crippen LogP contribution is 2.23. The number of rotatable bonds is 7. The van der Waals surface area contributed by atoms with Crippen molar-refractivity contribution in [1.29, 1.82) is 0 Å². The number of benzene rings is 2.